The SMILES string of the molecule is CN=C(NCC(c1ccccc1)N(C)C)N1CCc2ccccc21.I. The lowest BCUT2D eigenvalue weighted by molar-refractivity contribution is 0.298. The van der Waals surface area contributed by atoms with Crippen LogP contribution in [0.4, 0.5) is 5.69 Å². The number of fused-ring (bicyclic) bond motifs is 1. The molecule has 2 aromatic carbocycles. The van der Waals surface area contributed by atoms with Crippen LogP contribution in [0.2, 0.25) is 0 Å². The lowest BCUT2D eigenvalue weighted by Gasteiger charge is -2.28. The number of anilines is 1. The van der Waals surface area contributed by atoms with Crippen LogP contribution in [0.5, 0.6) is 0 Å². The van der Waals surface area contributed by atoms with Crippen molar-refractivity contribution in [2.75, 3.05) is 39.1 Å². The fourth-order valence-corrected chi connectivity index (χ4v) is 3.32. The van der Waals surface area contributed by atoms with Gasteiger partial charge in [0.1, 0.15) is 0 Å². The van der Waals surface area contributed by atoms with Crippen LogP contribution >= 0.6 is 24.0 Å². The molecule has 0 saturated heterocycles. The molecule has 1 heterocycles. The van der Waals surface area contributed by atoms with Crippen molar-refractivity contribution < 1.29 is 0 Å². The molecule has 0 saturated carbocycles. The average Bonchev–Trinajstić information content (AvgIpc) is 3.03. The highest BCUT2D eigenvalue weighted by atomic mass is 127. The molecular formula is C20H27IN4. The van der Waals surface area contributed by atoms with Crippen molar-refractivity contribution in [2.45, 2.75) is 12.5 Å². The van der Waals surface area contributed by atoms with Crippen LogP contribution in [-0.2, 0) is 6.42 Å². The summed E-state index contributed by atoms with van der Waals surface area (Å²) in [6, 6.07) is 19.5. The Morgan fingerprint density at radius 2 is 1.80 bits per heavy atom. The smallest absolute Gasteiger partial charge is 0.198 e. The van der Waals surface area contributed by atoms with Gasteiger partial charge >= 0.3 is 0 Å². The fraction of sp³-hybridized carbons (Fsp3) is 0.350. The van der Waals surface area contributed by atoms with Gasteiger partial charge < -0.3 is 15.1 Å². The Hall–Kier alpha value is -1.60. The first kappa shape index (κ1) is 19.7. The molecule has 0 aromatic heterocycles. The second-order valence-electron chi connectivity index (χ2n) is 6.35. The highest BCUT2D eigenvalue weighted by molar-refractivity contribution is 14.0. The van der Waals surface area contributed by atoms with E-state index in [0.717, 1.165) is 25.5 Å². The molecule has 1 unspecified atom stereocenters. The number of hydrogen-bond donors (Lipinski definition) is 1. The summed E-state index contributed by atoms with van der Waals surface area (Å²) in [5.74, 6) is 0.947. The minimum atomic E-state index is 0. The van der Waals surface area contributed by atoms with E-state index in [1.165, 1.54) is 16.8 Å². The summed E-state index contributed by atoms with van der Waals surface area (Å²) in [6.07, 6.45) is 1.08. The largest absolute Gasteiger partial charge is 0.354 e. The number of guanidine groups is 1. The summed E-state index contributed by atoms with van der Waals surface area (Å²) in [7, 11) is 6.09. The van der Waals surface area contributed by atoms with Crippen LogP contribution in [0.25, 0.3) is 0 Å². The van der Waals surface area contributed by atoms with Gasteiger partial charge in [-0.3, -0.25) is 4.99 Å². The summed E-state index contributed by atoms with van der Waals surface area (Å²) < 4.78 is 0. The Morgan fingerprint density at radius 1 is 1.12 bits per heavy atom. The summed E-state index contributed by atoms with van der Waals surface area (Å²) in [4.78, 5) is 9.04. The summed E-state index contributed by atoms with van der Waals surface area (Å²) in [6.45, 7) is 1.80. The zero-order valence-electron chi connectivity index (χ0n) is 15.1. The summed E-state index contributed by atoms with van der Waals surface area (Å²) in [5, 5.41) is 3.57. The molecule has 25 heavy (non-hydrogen) atoms. The van der Waals surface area contributed by atoms with Crippen molar-refractivity contribution in [3.63, 3.8) is 0 Å². The van der Waals surface area contributed by atoms with Gasteiger partial charge in [0.25, 0.3) is 0 Å². The Kier molecular flexibility index (Phi) is 7.25. The Bertz CT molecular complexity index is 700. The third-order valence-corrected chi connectivity index (χ3v) is 4.62. The molecule has 0 aliphatic carbocycles. The number of likely N-dealkylation sites (N-methyl/N-ethyl adjacent to an activating group) is 1. The van der Waals surface area contributed by atoms with Gasteiger partial charge in [0, 0.05) is 25.8 Å². The van der Waals surface area contributed by atoms with Crippen molar-refractivity contribution >= 4 is 35.6 Å². The number of benzene rings is 2. The highest BCUT2D eigenvalue weighted by Crippen LogP contribution is 2.27. The van der Waals surface area contributed by atoms with E-state index in [4.69, 9.17) is 0 Å². The maximum Gasteiger partial charge on any atom is 0.198 e. The second kappa shape index (κ2) is 9.20. The van der Waals surface area contributed by atoms with Crippen LogP contribution < -0.4 is 10.2 Å². The predicted molar refractivity (Wildman–Crippen MR) is 117 cm³/mol. The van der Waals surface area contributed by atoms with Crippen molar-refractivity contribution in [1.29, 1.82) is 0 Å². The van der Waals surface area contributed by atoms with Gasteiger partial charge in [0.05, 0.1) is 6.04 Å². The number of nitrogens with one attached hydrogen (secondary N) is 1. The van der Waals surface area contributed by atoms with Gasteiger partial charge in [-0.15, -0.1) is 24.0 Å². The van der Waals surface area contributed by atoms with E-state index >= 15 is 0 Å². The van der Waals surface area contributed by atoms with E-state index in [2.05, 4.69) is 88.8 Å². The molecule has 2 aromatic rings. The first-order chi connectivity index (χ1) is 11.7. The second-order valence-corrected chi connectivity index (χ2v) is 6.35. The molecule has 1 aliphatic rings. The summed E-state index contributed by atoms with van der Waals surface area (Å²) in [5.41, 5.74) is 3.98. The zero-order chi connectivity index (χ0) is 16.9. The van der Waals surface area contributed by atoms with Crippen molar-refractivity contribution in [3.05, 3.63) is 65.7 Å². The number of nitrogens with zero attached hydrogens (tertiary/aromatic N) is 3. The number of halogens is 1. The molecule has 0 fully saturated rings. The number of aliphatic imine (C=N–C) groups is 1. The maximum absolute atomic E-state index is 4.51. The average molecular weight is 450 g/mol. The van der Waals surface area contributed by atoms with Crippen molar-refractivity contribution in [2.24, 2.45) is 4.99 Å². The predicted octanol–water partition coefficient (Wildman–Crippen LogP) is 3.55. The Morgan fingerprint density at radius 3 is 2.48 bits per heavy atom. The zero-order valence-corrected chi connectivity index (χ0v) is 17.5. The molecular weight excluding hydrogens is 423 g/mol. The topological polar surface area (TPSA) is 30.9 Å². The molecule has 1 aliphatic heterocycles. The van der Waals surface area contributed by atoms with E-state index in [0.29, 0.717) is 6.04 Å². The molecule has 134 valence electrons. The molecule has 1 atom stereocenters. The molecule has 5 heteroatoms. The van der Waals surface area contributed by atoms with E-state index in [1.54, 1.807) is 0 Å². The quantitative estimate of drug-likeness (QED) is 0.439. The van der Waals surface area contributed by atoms with Crippen molar-refractivity contribution in [1.82, 2.24) is 10.2 Å². The number of rotatable bonds is 4. The Balaban J connectivity index is 0.00000225. The van der Waals surface area contributed by atoms with E-state index in [-0.39, 0.29) is 24.0 Å². The Labute approximate surface area is 168 Å². The molecule has 0 amide bonds. The van der Waals surface area contributed by atoms with E-state index in [9.17, 15) is 0 Å². The first-order valence-electron chi connectivity index (χ1n) is 8.48. The third-order valence-electron chi connectivity index (χ3n) is 4.62. The standard InChI is InChI=1S/C20H26N4.HI/c1-21-20(24-14-13-17-11-7-8-12-18(17)24)22-15-19(23(2)3)16-9-5-4-6-10-16;/h4-12,19H,13-15H2,1-3H3,(H,21,22);1H. The van der Waals surface area contributed by atoms with Gasteiger partial charge in [-0.2, -0.15) is 0 Å². The van der Waals surface area contributed by atoms with E-state index in [1.807, 2.05) is 7.05 Å². The number of hydrogen-bond acceptors (Lipinski definition) is 2. The monoisotopic (exact) mass is 450 g/mol. The molecule has 0 bridgehead atoms. The van der Waals surface area contributed by atoms with Crippen LogP contribution in [-0.4, -0.2) is 45.1 Å². The number of para-hydroxylation sites is 1. The van der Waals surface area contributed by atoms with Crippen LogP contribution in [0.1, 0.15) is 17.2 Å². The van der Waals surface area contributed by atoms with Gasteiger partial charge in [-0.05, 0) is 37.7 Å². The third kappa shape index (κ3) is 4.52. The lowest BCUT2D eigenvalue weighted by Crippen LogP contribution is -2.44. The molecule has 0 spiro atoms. The van der Waals surface area contributed by atoms with Crippen LogP contribution in [0.3, 0.4) is 0 Å². The van der Waals surface area contributed by atoms with Gasteiger partial charge in [0.15, 0.2) is 5.96 Å². The lowest BCUT2D eigenvalue weighted by atomic mass is 10.1. The minimum Gasteiger partial charge on any atom is -0.354 e. The highest BCUT2D eigenvalue weighted by Gasteiger charge is 2.23. The van der Waals surface area contributed by atoms with E-state index < -0.39 is 0 Å². The summed E-state index contributed by atoms with van der Waals surface area (Å²) >= 11 is 0. The molecule has 4 nitrogen and oxygen atoms in total. The van der Waals surface area contributed by atoms with Gasteiger partial charge in [-0.1, -0.05) is 48.5 Å². The van der Waals surface area contributed by atoms with Crippen molar-refractivity contribution in [3.8, 4) is 0 Å². The van der Waals surface area contributed by atoms with Gasteiger partial charge in [-0.25, -0.2) is 0 Å². The first-order valence-corrected chi connectivity index (χ1v) is 8.48. The normalized spacial score (nSPS) is 14.9. The molecule has 1 N–H and O–H groups in total. The maximum atomic E-state index is 4.51. The van der Waals surface area contributed by atoms with Gasteiger partial charge in [0.2, 0.25) is 0 Å². The molecule has 3 rings (SSSR count). The fourth-order valence-electron chi connectivity index (χ4n) is 3.32. The van der Waals surface area contributed by atoms with Crippen LogP contribution in [0, 0.1) is 0 Å². The van der Waals surface area contributed by atoms with Crippen LogP contribution in [0.15, 0.2) is 59.6 Å². The minimum absolute atomic E-state index is 0. The molecule has 0 radical (unpaired) electrons.